The van der Waals surface area contributed by atoms with E-state index in [1.807, 2.05) is 23.0 Å². The van der Waals surface area contributed by atoms with E-state index >= 15 is 0 Å². The molecule has 1 aliphatic carbocycles. The van der Waals surface area contributed by atoms with E-state index < -0.39 is 0 Å². The van der Waals surface area contributed by atoms with E-state index in [1.165, 1.54) is 12.8 Å². The van der Waals surface area contributed by atoms with Gasteiger partial charge in [-0.1, -0.05) is 18.1 Å². The van der Waals surface area contributed by atoms with Crippen molar-refractivity contribution in [3.63, 3.8) is 0 Å². The highest BCUT2D eigenvalue weighted by atomic mass is 16.5. The number of methoxy groups -OCH3 is 1. The summed E-state index contributed by atoms with van der Waals surface area (Å²) in [4.78, 5) is 13.6. The molecule has 0 amide bonds. The van der Waals surface area contributed by atoms with Crippen LogP contribution in [0, 0.1) is 0 Å². The van der Waals surface area contributed by atoms with Crippen molar-refractivity contribution < 1.29 is 4.74 Å². The van der Waals surface area contributed by atoms with Crippen molar-refractivity contribution >= 4 is 17.1 Å². The Labute approximate surface area is 173 Å². The summed E-state index contributed by atoms with van der Waals surface area (Å²) in [5, 5.41) is 16.2. The molecular formula is C20H23N9O. The quantitative estimate of drug-likeness (QED) is 0.499. The first-order chi connectivity index (χ1) is 14.8. The van der Waals surface area contributed by atoms with Gasteiger partial charge in [0.25, 0.3) is 0 Å². The third kappa shape index (κ3) is 3.73. The number of hydrogen-bond donors (Lipinski definition) is 1. The first-order valence-corrected chi connectivity index (χ1v) is 10.1. The van der Waals surface area contributed by atoms with Crippen LogP contribution < -0.4 is 5.32 Å². The van der Waals surface area contributed by atoms with Gasteiger partial charge < -0.3 is 10.1 Å². The molecule has 154 valence electrons. The summed E-state index contributed by atoms with van der Waals surface area (Å²) < 4.78 is 8.62. The van der Waals surface area contributed by atoms with Crippen molar-refractivity contribution in [3.05, 3.63) is 36.9 Å². The Kier molecular flexibility index (Phi) is 5.06. The van der Waals surface area contributed by atoms with E-state index in [-0.39, 0.29) is 0 Å². The Morgan fingerprint density at radius 2 is 2.03 bits per heavy atom. The number of nitrogens with one attached hydrogen (secondary N) is 1. The average Bonchev–Trinajstić information content (AvgIpc) is 3.53. The lowest BCUT2D eigenvalue weighted by molar-refractivity contribution is 0.183. The van der Waals surface area contributed by atoms with Gasteiger partial charge in [0, 0.05) is 24.9 Å². The fourth-order valence-corrected chi connectivity index (χ4v) is 3.71. The maximum absolute atomic E-state index is 5.09. The molecule has 4 heterocycles. The van der Waals surface area contributed by atoms with Gasteiger partial charge in [-0.15, -0.1) is 5.10 Å². The van der Waals surface area contributed by atoms with Crippen LogP contribution in [0.1, 0.15) is 25.7 Å². The standard InChI is InChI=1S/C20H23N9O/c1-30-9-8-28-13-14(10-23-28)17-7-6-16(11-21-17)29-19-18(26-27-29)12-22-20(25-19)24-15-4-2-3-5-15/h6-7,10-13,15H,2-5,8-9H2,1H3,(H,22,24,25). The Morgan fingerprint density at radius 1 is 1.13 bits per heavy atom. The van der Waals surface area contributed by atoms with E-state index in [9.17, 15) is 0 Å². The minimum atomic E-state index is 0.442. The molecule has 0 spiro atoms. The second-order valence-corrected chi connectivity index (χ2v) is 7.42. The lowest BCUT2D eigenvalue weighted by atomic mass is 10.2. The molecule has 0 saturated heterocycles. The summed E-state index contributed by atoms with van der Waals surface area (Å²) in [5.41, 5.74) is 3.89. The van der Waals surface area contributed by atoms with Crippen molar-refractivity contribution in [1.29, 1.82) is 0 Å². The van der Waals surface area contributed by atoms with Crippen LogP contribution in [-0.2, 0) is 11.3 Å². The van der Waals surface area contributed by atoms with E-state index in [0.717, 1.165) is 29.8 Å². The van der Waals surface area contributed by atoms with Crippen LogP contribution in [0.3, 0.4) is 0 Å². The maximum Gasteiger partial charge on any atom is 0.225 e. The first-order valence-electron chi connectivity index (χ1n) is 10.1. The number of anilines is 1. The zero-order valence-electron chi connectivity index (χ0n) is 16.8. The third-order valence-electron chi connectivity index (χ3n) is 5.33. The van der Waals surface area contributed by atoms with Crippen molar-refractivity contribution in [2.24, 2.45) is 0 Å². The van der Waals surface area contributed by atoms with Crippen molar-refractivity contribution in [3.8, 4) is 16.9 Å². The molecule has 30 heavy (non-hydrogen) atoms. The van der Waals surface area contributed by atoms with Crippen LogP contribution in [0.5, 0.6) is 0 Å². The predicted molar refractivity (Wildman–Crippen MR) is 111 cm³/mol. The van der Waals surface area contributed by atoms with Gasteiger partial charge in [0.1, 0.15) is 0 Å². The van der Waals surface area contributed by atoms with Crippen LogP contribution >= 0.6 is 0 Å². The molecule has 1 fully saturated rings. The van der Waals surface area contributed by atoms with Gasteiger partial charge in [-0.05, 0) is 25.0 Å². The molecular weight excluding hydrogens is 382 g/mol. The van der Waals surface area contributed by atoms with E-state index in [0.29, 0.717) is 36.3 Å². The molecule has 5 rings (SSSR count). The molecule has 0 unspecified atom stereocenters. The van der Waals surface area contributed by atoms with Crippen molar-refractivity contribution in [2.75, 3.05) is 19.0 Å². The predicted octanol–water partition coefficient (Wildman–Crippen LogP) is 2.47. The third-order valence-corrected chi connectivity index (χ3v) is 5.33. The number of aromatic nitrogens is 8. The zero-order chi connectivity index (χ0) is 20.3. The molecule has 0 aliphatic heterocycles. The number of rotatable bonds is 7. The molecule has 1 saturated carbocycles. The lowest BCUT2D eigenvalue weighted by Crippen LogP contribution is -2.16. The largest absolute Gasteiger partial charge is 0.383 e. The van der Waals surface area contributed by atoms with Gasteiger partial charge in [0.2, 0.25) is 5.95 Å². The Morgan fingerprint density at radius 3 is 2.83 bits per heavy atom. The number of ether oxygens (including phenoxy) is 1. The number of nitrogens with zero attached hydrogens (tertiary/aromatic N) is 8. The average molecular weight is 405 g/mol. The molecule has 0 bridgehead atoms. The highest BCUT2D eigenvalue weighted by Crippen LogP contribution is 2.22. The molecule has 10 heteroatoms. The minimum absolute atomic E-state index is 0.442. The van der Waals surface area contributed by atoms with Gasteiger partial charge in [-0.3, -0.25) is 9.67 Å². The topological polar surface area (TPSA) is 108 Å². The normalized spacial score (nSPS) is 14.6. The zero-order valence-corrected chi connectivity index (χ0v) is 16.8. The summed E-state index contributed by atoms with van der Waals surface area (Å²) in [6.07, 6.45) is 12.1. The smallest absolute Gasteiger partial charge is 0.225 e. The highest BCUT2D eigenvalue weighted by molar-refractivity contribution is 5.72. The summed E-state index contributed by atoms with van der Waals surface area (Å²) in [6, 6.07) is 4.34. The molecule has 0 aromatic carbocycles. The fraction of sp³-hybridized carbons (Fsp3) is 0.400. The van der Waals surface area contributed by atoms with E-state index in [1.54, 1.807) is 30.4 Å². The van der Waals surface area contributed by atoms with Gasteiger partial charge in [0.05, 0.1) is 43.1 Å². The monoisotopic (exact) mass is 405 g/mol. The van der Waals surface area contributed by atoms with Crippen molar-refractivity contribution in [2.45, 2.75) is 38.3 Å². The first kappa shape index (κ1) is 18.6. The molecule has 4 aromatic heterocycles. The Bertz CT molecular complexity index is 1130. The van der Waals surface area contributed by atoms with Gasteiger partial charge >= 0.3 is 0 Å². The Balaban J connectivity index is 1.38. The minimum Gasteiger partial charge on any atom is -0.383 e. The number of fused-ring (bicyclic) bond motifs is 1. The summed E-state index contributed by atoms with van der Waals surface area (Å²) >= 11 is 0. The van der Waals surface area contributed by atoms with Crippen LogP contribution in [-0.4, -0.2) is 59.5 Å². The molecule has 10 nitrogen and oxygen atoms in total. The molecule has 1 aliphatic rings. The number of pyridine rings is 1. The molecule has 1 N–H and O–H groups in total. The van der Waals surface area contributed by atoms with Gasteiger partial charge in [0.15, 0.2) is 11.2 Å². The lowest BCUT2D eigenvalue weighted by Gasteiger charge is -2.11. The Hall–Kier alpha value is -3.40. The second kappa shape index (κ2) is 8.15. The highest BCUT2D eigenvalue weighted by Gasteiger charge is 2.17. The van der Waals surface area contributed by atoms with E-state index in [4.69, 9.17) is 4.74 Å². The fourth-order valence-electron chi connectivity index (χ4n) is 3.71. The van der Waals surface area contributed by atoms with Crippen molar-refractivity contribution in [1.82, 2.24) is 39.7 Å². The molecule has 4 aromatic rings. The van der Waals surface area contributed by atoms with E-state index in [2.05, 4.69) is 35.7 Å². The summed E-state index contributed by atoms with van der Waals surface area (Å²) in [6.45, 7) is 1.32. The maximum atomic E-state index is 5.09. The molecule has 0 radical (unpaired) electrons. The van der Waals surface area contributed by atoms with Gasteiger partial charge in [-0.2, -0.15) is 14.8 Å². The van der Waals surface area contributed by atoms with Crippen LogP contribution in [0.2, 0.25) is 0 Å². The summed E-state index contributed by atoms with van der Waals surface area (Å²) in [7, 11) is 1.68. The van der Waals surface area contributed by atoms with Crippen LogP contribution in [0.25, 0.3) is 28.1 Å². The summed E-state index contributed by atoms with van der Waals surface area (Å²) in [5.74, 6) is 0.617. The van der Waals surface area contributed by atoms with Crippen LogP contribution in [0.15, 0.2) is 36.9 Å². The van der Waals surface area contributed by atoms with Crippen LogP contribution in [0.4, 0.5) is 5.95 Å². The van der Waals surface area contributed by atoms with Gasteiger partial charge in [-0.25, -0.2) is 4.98 Å². The second-order valence-electron chi connectivity index (χ2n) is 7.42. The number of hydrogen-bond acceptors (Lipinski definition) is 8. The molecule has 0 atom stereocenters. The SMILES string of the molecule is COCCn1cc(-c2ccc(-n3nnc4cnc(NC5CCCC5)nc43)cn2)cn1.